The Morgan fingerprint density at radius 3 is 2.63 bits per heavy atom. The Labute approximate surface area is 254 Å². The maximum absolute atomic E-state index is 13.6. The summed E-state index contributed by atoms with van der Waals surface area (Å²) in [5.74, 6) is -0.529. The van der Waals surface area contributed by atoms with E-state index >= 15 is 0 Å². The number of ether oxygens (including phenoxy) is 1. The standard InChI is InChI=1S/C29H28ClF3N4O5S/c1-28(2,3)42-26(40)35-15-21(38)11-20(35)14-36-25(39)24(43-27(36)41)9-16-4-7-23-18(8-16)12-34-37(23)13-17-5-6-19(30)10-22(17)29(31,32)33/h4-10,12,20-21,38H,11,13-15H2,1-3H3/t20-,21-/m0/s1. The van der Waals surface area contributed by atoms with Crippen LogP contribution in [0, 0.1) is 0 Å². The van der Waals surface area contributed by atoms with Crippen molar-refractivity contribution in [3.8, 4) is 0 Å². The average Bonchev–Trinajstić information content (AvgIpc) is 3.55. The van der Waals surface area contributed by atoms with Gasteiger partial charge < -0.3 is 14.7 Å². The minimum atomic E-state index is -4.58. The van der Waals surface area contributed by atoms with Gasteiger partial charge in [0.1, 0.15) is 5.60 Å². The summed E-state index contributed by atoms with van der Waals surface area (Å²) in [6, 6.07) is 8.08. The largest absolute Gasteiger partial charge is 0.444 e. The SMILES string of the molecule is CC(C)(C)OC(=O)N1C[C@@H](O)C[C@H]1CN1C(=O)SC(=Cc2ccc3c(cnn3Cc3ccc(Cl)cc3C(F)(F)F)c2)C1=O. The molecule has 0 saturated carbocycles. The minimum Gasteiger partial charge on any atom is -0.444 e. The second-order valence-electron chi connectivity index (χ2n) is 11.4. The number of carbonyl (C=O) groups is 3. The van der Waals surface area contributed by atoms with Gasteiger partial charge in [-0.3, -0.25) is 19.2 Å². The first-order valence-corrected chi connectivity index (χ1v) is 14.5. The van der Waals surface area contributed by atoms with Crippen LogP contribution in [0.25, 0.3) is 17.0 Å². The number of nitrogens with zero attached hydrogens (tertiary/aromatic N) is 4. The predicted molar refractivity (Wildman–Crippen MR) is 155 cm³/mol. The fourth-order valence-corrected chi connectivity index (χ4v) is 6.08. The van der Waals surface area contributed by atoms with Gasteiger partial charge in [0.25, 0.3) is 11.1 Å². The highest BCUT2D eigenvalue weighted by Crippen LogP contribution is 2.36. The molecule has 2 saturated heterocycles. The predicted octanol–water partition coefficient (Wildman–Crippen LogP) is 6.16. The first kappa shape index (κ1) is 30.9. The molecule has 0 radical (unpaired) electrons. The number of halogens is 4. The highest BCUT2D eigenvalue weighted by Gasteiger charge is 2.43. The van der Waals surface area contributed by atoms with Crippen LogP contribution in [0.1, 0.15) is 43.9 Å². The smallest absolute Gasteiger partial charge is 0.416 e. The number of hydrogen-bond donors (Lipinski definition) is 1. The first-order chi connectivity index (χ1) is 20.1. The van der Waals surface area contributed by atoms with E-state index in [0.717, 1.165) is 22.7 Å². The van der Waals surface area contributed by atoms with Gasteiger partial charge in [-0.1, -0.05) is 23.7 Å². The highest BCUT2D eigenvalue weighted by atomic mass is 35.5. The molecule has 3 heterocycles. The Morgan fingerprint density at radius 1 is 1.19 bits per heavy atom. The van der Waals surface area contributed by atoms with Crippen molar-refractivity contribution in [1.29, 1.82) is 0 Å². The number of rotatable bonds is 5. The molecule has 14 heteroatoms. The molecule has 5 rings (SSSR count). The number of carbonyl (C=O) groups excluding carboxylic acids is 3. The molecule has 0 unspecified atom stereocenters. The molecular formula is C29H28ClF3N4O5S. The number of aliphatic hydroxyl groups excluding tert-OH is 1. The van der Waals surface area contributed by atoms with E-state index in [0.29, 0.717) is 16.5 Å². The quantitative estimate of drug-likeness (QED) is 0.334. The Bertz CT molecular complexity index is 1630. The zero-order valence-electron chi connectivity index (χ0n) is 23.4. The third-order valence-electron chi connectivity index (χ3n) is 6.95. The van der Waals surface area contributed by atoms with Crippen LogP contribution in [0.5, 0.6) is 0 Å². The molecule has 43 heavy (non-hydrogen) atoms. The highest BCUT2D eigenvalue weighted by molar-refractivity contribution is 8.18. The summed E-state index contributed by atoms with van der Waals surface area (Å²) in [6.07, 6.45) is -2.75. The van der Waals surface area contributed by atoms with E-state index < -0.39 is 46.7 Å². The summed E-state index contributed by atoms with van der Waals surface area (Å²) in [7, 11) is 0. The number of thioether (sulfide) groups is 1. The van der Waals surface area contributed by atoms with Crippen molar-refractivity contribution < 1.29 is 37.4 Å². The maximum Gasteiger partial charge on any atom is 0.416 e. The molecule has 1 aromatic heterocycles. The number of alkyl halides is 3. The lowest BCUT2D eigenvalue weighted by atomic mass is 10.1. The lowest BCUT2D eigenvalue weighted by molar-refractivity contribution is -0.138. The Hall–Kier alpha value is -3.55. The summed E-state index contributed by atoms with van der Waals surface area (Å²) in [5.41, 5.74) is -0.404. The summed E-state index contributed by atoms with van der Waals surface area (Å²) in [4.78, 5) is 41.2. The van der Waals surface area contributed by atoms with Gasteiger partial charge in [-0.2, -0.15) is 18.3 Å². The maximum atomic E-state index is 13.6. The number of likely N-dealkylation sites (tertiary alicyclic amines) is 1. The third kappa shape index (κ3) is 6.84. The molecule has 9 nitrogen and oxygen atoms in total. The molecule has 2 aromatic carbocycles. The van der Waals surface area contributed by atoms with Crippen LogP contribution in [0.4, 0.5) is 22.8 Å². The number of fused-ring (bicyclic) bond motifs is 1. The molecule has 0 aliphatic carbocycles. The average molecular weight is 637 g/mol. The molecule has 2 fully saturated rings. The fraction of sp³-hybridized carbons (Fsp3) is 0.379. The topological polar surface area (TPSA) is 105 Å². The van der Waals surface area contributed by atoms with Crippen molar-refractivity contribution in [3.63, 3.8) is 0 Å². The monoisotopic (exact) mass is 636 g/mol. The molecule has 228 valence electrons. The van der Waals surface area contributed by atoms with Crippen molar-refractivity contribution in [2.45, 2.75) is 57.7 Å². The zero-order valence-corrected chi connectivity index (χ0v) is 25.0. The lowest BCUT2D eigenvalue weighted by Crippen LogP contribution is -2.46. The minimum absolute atomic E-state index is 0.0136. The van der Waals surface area contributed by atoms with Gasteiger partial charge in [0, 0.05) is 10.4 Å². The van der Waals surface area contributed by atoms with Crippen molar-refractivity contribution in [3.05, 3.63) is 69.2 Å². The van der Waals surface area contributed by atoms with Crippen LogP contribution in [0.2, 0.25) is 5.02 Å². The lowest BCUT2D eigenvalue weighted by Gasteiger charge is -2.29. The van der Waals surface area contributed by atoms with E-state index in [1.54, 1.807) is 45.0 Å². The van der Waals surface area contributed by atoms with Crippen molar-refractivity contribution in [2.75, 3.05) is 13.1 Å². The molecule has 2 aliphatic heterocycles. The molecular weight excluding hydrogens is 609 g/mol. The normalized spacial score (nSPS) is 20.6. The number of aromatic nitrogens is 2. The number of benzene rings is 2. The number of β-amino-alcohol motifs (C(OH)–C–C–N with tert-alkyl or cyclic N) is 1. The van der Waals surface area contributed by atoms with Crippen LogP contribution >= 0.6 is 23.4 Å². The van der Waals surface area contributed by atoms with E-state index in [1.807, 2.05) is 0 Å². The van der Waals surface area contributed by atoms with Crippen LogP contribution < -0.4 is 0 Å². The molecule has 0 spiro atoms. The van der Waals surface area contributed by atoms with Crippen LogP contribution in [0.15, 0.2) is 47.5 Å². The molecule has 3 aromatic rings. The van der Waals surface area contributed by atoms with Gasteiger partial charge in [0.2, 0.25) is 0 Å². The van der Waals surface area contributed by atoms with Crippen LogP contribution in [0.3, 0.4) is 0 Å². The third-order valence-corrected chi connectivity index (χ3v) is 8.09. The molecule has 3 amide bonds. The van der Waals surface area contributed by atoms with Gasteiger partial charge in [-0.25, -0.2) is 4.79 Å². The van der Waals surface area contributed by atoms with Crippen LogP contribution in [-0.4, -0.2) is 72.8 Å². The van der Waals surface area contributed by atoms with Crippen molar-refractivity contribution in [1.82, 2.24) is 19.6 Å². The van der Waals surface area contributed by atoms with Crippen LogP contribution in [-0.2, 0) is 22.3 Å². The first-order valence-electron chi connectivity index (χ1n) is 13.3. The summed E-state index contributed by atoms with van der Waals surface area (Å²) in [5, 5.41) is 14.5. The Kier molecular flexibility index (Phi) is 8.27. The molecule has 2 atom stereocenters. The van der Waals surface area contributed by atoms with Gasteiger partial charge in [-0.05, 0) is 80.4 Å². The molecule has 0 bridgehead atoms. The molecule has 2 aliphatic rings. The Morgan fingerprint density at radius 2 is 1.93 bits per heavy atom. The summed E-state index contributed by atoms with van der Waals surface area (Å²) < 4.78 is 47.6. The van der Waals surface area contributed by atoms with E-state index in [-0.39, 0.29) is 41.5 Å². The van der Waals surface area contributed by atoms with Gasteiger partial charge in [-0.15, -0.1) is 0 Å². The van der Waals surface area contributed by atoms with E-state index in [1.165, 1.54) is 27.9 Å². The second-order valence-corrected chi connectivity index (χ2v) is 12.8. The number of aliphatic hydroxyl groups is 1. The zero-order chi connectivity index (χ0) is 31.3. The van der Waals surface area contributed by atoms with Crippen molar-refractivity contribution >= 4 is 57.6 Å². The Balaban J connectivity index is 1.32. The number of imide groups is 1. The van der Waals surface area contributed by atoms with Gasteiger partial charge in [0.05, 0.1) is 54.0 Å². The second kappa shape index (κ2) is 11.5. The van der Waals surface area contributed by atoms with Gasteiger partial charge >= 0.3 is 12.3 Å². The van der Waals surface area contributed by atoms with Gasteiger partial charge in [0.15, 0.2) is 0 Å². The van der Waals surface area contributed by atoms with E-state index in [4.69, 9.17) is 16.3 Å². The number of hydrogen-bond acceptors (Lipinski definition) is 7. The van der Waals surface area contributed by atoms with Crippen molar-refractivity contribution in [2.24, 2.45) is 0 Å². The van der Waals surface area contributed by atoms with E-state index in [9.17, 15) is 32.7 Å². The molecule has 1 N–H and O–H groups in total. The summed E-state index contributed by atoms with van der Waals surface area (Å²) in [6.45, 7) is 4.98. The van der Waals surface area contributed by atoms with E-state index in [2.05, 4.69) is 5.10 Å². The summed E-state index contributed by atoms with van der Waals surface area (Å²) >= 11 is 6.56. The fourth-order valence-electron chi connectivity index (χ4n) is 5.06. The number of amides is 3.